The Labute approximate surface area is 142 Å². The molecular weight excluding hydrogens is 332 g/mol. The number of nitrogens with one attached hydrogen (secondary N) is 1. The molecule has 0 saturated heterocycles. The first-order valence-corrected chi connectivity index (χ1v) is 8.26. The number of nitrogens with zero attached hydrogens (tertiary/aromatic N) is 1. The average molecular weight is 345 g/mol. The highest BCUT2D eigenvalue weighted by Gasteiger charge is 2.10. The molecule has 6 heteroatoms. The Kier molecular flexibility index (Phi) is 5.00. The molecule has 0 unspecified atom stereocenters. The molecule has 4 nitrogen and oxygen atoms in total. The number of hydrogen-bond acceptors (Lipinski definition) is 4. The van der Waals surface area contributed by atoms with Gasteiger partial charge in [-0.2, -0.15) is 0 Å². The van der Waals surface area contributed by atoms with Crippen LogP contribution in [0.1, 0.15) is 0 Å². The third-order valence-corrected chi connectivity index (χ3v) is 4.09. The fourth-order valence-corrected chi connectivity index (χ4v) is 2.65. The molecule has 3 rings (SSSR count). The van der Waals surface area contributed by atoms with Gasteiger partial charge in [0.2, 0.25) is 5.91 Å². The van der Waals surface area contributed by atoms with Gasteiger partial charge in [0.05, 0.1) is 11.9 Å². The molecule has 23 heavy (non-hydrogen) atoms. The Bertz CT molecular complexity index is 788. The van der Waals surface area contributed by atoms with Crippen LogP contribution in [0.15, 0.2) is 70.4 Å². The van der Waals surface area contributed by atoms with Gasteiger partial charge in [0.1, 0.15) is 0 Å². The molecule has 2 aromatic carbocycles. The maximum atomic E-state index is 11.9. The quantitative estimate of drug-likeness (QED) is 0.680. The Hall–Kier alpha value is -2.24. The minimum Gasteiger partial charge on any atom is -0.431 e. The molecule has 0 fully saturated rings. The van der Waals surface area contributed by atoms with E-state index in [1.54, 1.807) is 18.3 Å². The molecule has 0 aliphatic rings. The second-order valence-corrected chi connectivity index (χ2v) is 6.06. The Morgan fingerprint density at radius 3 is 2.61 bits per heavy atom. The average Bonchev–Trinajstić information content (AvgIpc) is 3.04. The van der Waals surface area contributed by atoms with Gasteiger partial charge in [0.25, 0.3) is 5.22 Å². The molecule has 1 heterocycles. The first kappa shape index (κ1) is 15.6. The third kappa shape index (κ3) is 4.37. The van der Waals surface area contributed by atoms with Gasteiger partial charge in [0, 0.05) is 16.3 Å². The number of thioether (sulfide) groups is 1. The van der Waals surface area contributed by atoms with E-state index < -0.39 is 0 Å². The highest BCUT2D eigenvalue weighted by molar-refractivity contribution is 7.99. The van der Waals surface area contributed by atoms with Gasteiger partial charge < -0.3 is 9.73 Å². The molecule has 0 radical (unpaired) electrons. The van der Waals surface area contributed by atoms with Crippen molar-refractivity contribution in [3.63, 3.8) is 0 Å². The zero-order valence-corrected chi connectivity index (χ0v) is 13.6. The van der Waals surface area contributed by atoms with E-state index in [1.807, 2.05) is 42.5 Å². The lowest BCUT2D eigenvalue weighted by Crippen LogP contribution is -2.13. The van der Waals surface area contributed by atoms with E-state index in [1.165, 1.54) is 11.8 Å². The topological polar surface area (TPSA) is 55.1 Å². The molecule has 1 aromatic heterocycles. The van der Waals surface area contributed by atoms with E-state index >= 15 is 0 Å². The van der Waals surface area contributed by atoms with Crippen molar-refractivity contribution in [2.24, 2.45) is 0 Å². The second kappa shape index (κ2) is 7.35. The monoisotopic (exact) mass is 344 g/mol. The van der Waals surface area contributed by atoms with Crippen molar-refractivity contribution in [1.29, 1.82) is 0 Å². The van der Waals surface area contributed by atoms with E-state index in [9.17, 15) is 4.79 Å². The third-order valence-electron chi connectivity index (χ3n) is 3.00. The largest absolute Gasteiger partial charge is 0.431 e. The van der Waals surface area contributed by atoms with Crippen molar-refractivity contribution in [2.45, 2.75) is 5.22 Å². The zero-order valence-electron chi connectivity index (χ0n) is 12.0. The SMILES string of the molecule is O=C(CSc1ncc(-c2ccc(Cl)cc2)o1)Nc1ccccc1. The number of rotatable bonds is 5. The molecule has 0 atom stereocenters. The van der Waals surface area contributed by atoms with Crippen LogP contribution in [-0.2, 0) is 4.79 Å². The molecule has 0 aliphatic heterocycles. The van der Waals surface area contributed by atoms with Crippen LogP contribution in [0.25, 0.3) is 11.3 Å². The summed E-state index contributed by atoms with van der Waals surface area (Å²) in [5.41, 5.74) is 1.66. The summed E-state index contributed by atoms with van der Waals surface area (Å²) < 4.78 is 5.64. The summed E-state index contributed by atoms with van der Waals surface area (Å²) in [4.78, 5) is 16.1. The Balaban J connectivity index is 1.57. The molecular formula is C17H13ClN2O2S. The van der Waals surface area contributed by atoms with Crippen molar-refractivity contribution in [3.8, 4) is 11.3 Å². The van der Waals surface area contributed by atoms with E-state index in [-0.39, 0.29) is 11.7 Å². The number of oxazole rings is 1. The van der Waals surface area contributed by atoms with Gasteiger partial charge in [-0.1, -0.05) is 41.6 Å². The van der Waals surface area contributed by atoms with E-state index in [4.69, 9.17) is 16.0 Å². The van der Waals surface area contributed by atoms with Crippen LogP contribution in [0.5, 0.6) is 0 Å². The number of halogens is 1. The molecule has 0 bridgehead atoms. The maximum absolute atomic E-state index is 11.9. The van der Waals surface area contributed by atoms with Gasteiger partial charge in [-0.05, 0) is 36.4 Å². The first-order valence-electron chi connectivity index (χ1n) is 6.90. The van der Waals surface area contributed by atoms with Gasteiger partial charge in [0.15, 0.2) is 5.76 Å². The van der Waals surface area contributed by atoms with Crippen molar-refractivity contribution in [2.75, 3.05) is 11.1 Å². The van der Waals surface area contributed by atoms with E-state index in [2.05, 4.69) is 10.3 Å². The molecule has 0 saturated carbocycles. The lowest BCUT2D eigenvalue weighted by molar-refractivity contribution is -0.113. The summed E-state index contributed by atoms with van der Waals surface area (Å²) in [5, 5.41) is 3.94. The molecule has 1 N–H and O–H groups in total. The fourth-order valence-electron chi connectivity index (χ4n) is 1.92. The van der Waals surface area contributed by atoms with E-state index in [0.29, 0.717) is 16.0 Å². The van der Waals surface area contributed by atoms with Gasteiger partial charge in [-0.3, -0.25) is 4.79 Å². The van der Waals surface area contributed by atoms with Crippen molar-refractivity contribution >= 4 is 35.0 Å². The number of carbonyl (C=O) groups is 1. The van der Waals surface area contributed by atoms with Crippen LogP contribution in [-0.4, -0.2) is 16.6 Å². The highest BCUT2D eigenvalue weighted by Crippen LogP contribution is 2.26. The summed E-state index contributed by atoms with van der Waals surface area (Å²) in [6, 6.07) is 16.6. The fraction of sp³-hybridized carbons (Fsp3) is 0.0588. The summed E-state index contributed by atoms with van der Waals surface area (Å²) in [6.07, 6.45) is 1.64. The van der Waals surface area contributed by atoms with Crippen molar-refractivity contribution < 1.29 is 9.21 Å². The number of amides is 1. The highest BCUT2D eigenvalue weighted by atomic mass is 35.5. The first-order chi connectivity index (χ1) is 11.2. The molecule has 0 spiro atoms. The normalized spacial score (nSPS) is 10.5. The van der Waals surface area contributed by atoms with E-state index in [0.717, 1.165) is 11.3 Å². The Morgan fingerprint density at radius 1 is 1.13 bits per heavy atom. The Morgan fingerprint density at radius 2 is 1.87 bits per heavy atom. The minimum absolute atomic E-state index is 0.104. The van der Waals surface area contributed by atoms with Crippen LogP contribution in [0.2, 0.25) is 5.02 Å². The number of carbonyl (C=O) groups excluding carboxylic acids is 1. The number of hydrogen-bond donors (Lipinski definition) is 1. The van der Waals surface area contributed by atoms with Crippen LogP contribution in [0, 0.1) is 0 Å². The predicted octanol–water partition coefficient (Wildman–Crippen LogP) is 4.73. The number of aromatic nitrogens is 1. The maximum Gasteiger partial charge on any atom is 0.256 e. The minimum atomic E-state index is -0.104. The second-order valence-electron chi connectivity index (χ2n) is 4.70. The smallest absolute Gasteiger partial charge is 0.256 e. The number of para-hydroxylation sites is 1. The molecule has 3 aromatic rings. The van der Waals surface area contributed by atoms with Gasteiger partial charge in [-0.25, -0.2) is 4.98 Å². The van der Waals surface area contributed by atoms with Gasteiger partial charge in [-0.15, -0.1) is 0 Å². The molecule has 1 amide bonds. The predicted molar refractivity (Wildman–Crippen MR) is 92.7 cm³/mol. The molecule has 0 aliphatic carbocycles. The van der Waals surface area contributed by atoms with Gasteiger partial charge >= 0.3 is 0 Å². The van der Waals surface area contributed by atoms with Crippen molar-refractivity contribution in [3.05, 3.63) is 65.8 Å². The summed E-state index contributed by atoms with van der Waals surface area (Å²) >= 11 is 7.11. The lowest BCUT2D eigenvalue weighted by atomic mass is 10.2. The summed E-state index contributed by atoms with van der Waals surface area (Å²) in [7, 11) is 0. The van der Waals surface area contributed by atoms with Crippen molar-refractivity contribution in [1.82, 2.24) is 4.98 Å². The summed E-state index contributed by atoms with van der Waals surface area (Å²) in [6.45, 7) is 0. The number of benzene rings is 2. The zero-order chi connectivity index (χ0) is 16.1. The standard InChI is InChI=1S/C17H13ClN2O2S/c18-13-8-6-12(7-9-13)15-10-19-17(22-15)23-11-16(21)20-14-4-2-1-3-5-14/h1-10H,11H2,(H,20,21). The van der Waals surface area contributed by atoms with Crippen LogP contribution in [0.3, 0.4) is 0 Å². The van der Waals surface area contributed by atoms with Crippen LogP contribution < -0.4 is 5.32 Å². The molecule has 116 valence electrons. The lowest BCUT2D eigenvalue weighted by Gasteiger charge is -2.03. The van der Waals surface area contributed by atoms with Crippen LogP contribution >= 0.6 is 23.4 Å². The summed E-state index contributed by atoms with van der Waals surface area (Å²) in [5.74, 6) is 0.773. The number of anilines is 1. The van der Waals surface area contributed by atoms with Crippen LogP contribution in [0.4, 0.5) is 5.69 Å².